The Labute approximate surface area is 141 Å². The molecule has 0 N–H and O–H groups in total. The van der Waals surface area contributed by atoms with Crippen molar-refractivity contribution in [3.05, 3.63) is 63.0 Å². The maximum atomic E-state index is 12.8. The molecule has 1 nitrogen and oxygen atoms in total. The van der Waals surface area contributed by atoms with Crippen molar-refractivity contribution in [2.24, 2.45) is 0 Å². The molecular formula is C16H8Br2F3N. The third-order valence-corrected chi connectivity index (χ3v) is 4.26. The Morgan fingerprint density at radius 2 is 1.68 bits per heavy atom. The van der Waals surface area contributed by atoms with Crippen molar-refractivity contribution >= 4 is 42.8 Å². The van der Waals surface area contributed by atoms with Gasteiger partial charge in [0.15, 0.2) is 0 Å². The molecule has 1 heterocycles. The van der Waals surface area contributed by atoms with Gasteiger partial charge in [-0.2, -0.15) is 13.2 Å². The van der Waals surface area contributed by atoms with Crippen molar-refractivity contribution in [3.8, 4) is 11.3 Å². The Hall–Kier alpha value is -1.40. The number of pyridine rings is 1. The van der Waals surface area contributed by atoms with Crippen LogP contribution in [0.3, 0.4) is 0 Å². The quantitative estimate of drug-likeness (QED) is 0.432. The largest absolute Gasteiger partial charge is 0.416 e. The first-order chi connectivity index (χ1) is 10.3. The summed E-state index contributed by atoms with van der Waals surface area (Å²) >= 11 is 6.82. The lowest BCUT2D eigenvalue weighted by atomic mass is 10.1. The molecule has 0 spiro atoms. The van der Waals surface area contributed by atoms with E-state index >= 15 is 0 Å². The van der Waals surface area contributed by atoms with E-state index in [-0.39, 0.29) is 0 Å². The molecule has 0 saturated heterocycles. The van der Waals surface area contributed by atoms with Gasteiger partial charge >= 0.3 is 6.18 Å². The number of hydrogen-bond acceptors (Lipinski definition) is 1. The summed E-state index contributed by atoms with van der Waals surface area (Å²) in [7, 11) is 0. The van der Waals surface area contributed by atoms with Gasteiger partial charge in [0.25, 0.3) is 0 Å². The number of halogens is 5. The average Bonchev–Trinajstić information content (AvgIpc) is 2.46. The molecule has 0 radical (unpaired) electrons. The van der Waals surface area contributed by atoms with E-state index in [1.54, 1.807) is 12.1 Å². The standard InChI is InChI=1S/C16H8Br2F3N/c17-12-7-10-4-5-14(22-15(10)13(18)8-12)9-2-1-3-11(6-9)16(19,20)21/h1-8H. The summed E-state index contributed by atoms with van der Waals surface area (Å²) in [6, 6.07) is 12.5. The van der Waals surface area contributed by atoms with Crippen molar-refractivity contribution < 1.29 is 13.2 Å². The lowest BCUT2D eigenvalue weighted by Crippen LogP contribution is -2.04. The van der Waals surface area contributed by atoms with Crippen LogP contribution < -0.4 is 0 Å². The van der Waals surface area contributed by atoms with Crippen LogP contribution in [0, 0.1) is 0 Å². The van der Waals surface area contributed by atoms with Gasteiger partial charge < -0.3 is 0 Å². The normalized spacial score (nSPS) is 11.9. The van der Waals surface area contributed by atoms with Crippen molar-refractivity contribution in [2.45, 2.75) is 6.18 Å². The SMILES string of the molecule is FC(F)(F)c1cccc(-c2ccc3cc(Br)cc(Br)c3n2)c1. The van der Waals surface area contributed by atoms with Gasteiger partial charge in [-0.05, 0) is 46.3 Å². The van der Waals surface area contributed by atoms with Gasteiger partial charge in [-0.3, -0.25) is 0 Å². The number of rotatable bonds is 1. The summed E-state index contributed by atoms with van der Waals surface area (Å²) in [6.45, 7) is 0. The Balaban J connectivity index is 2.15. The molecule has 0 bridgehead atoms. The van der Waals surface area contributed by atoms with Crippen LogP contribution in [-0.4, -0.2) is 4.98 Å². The summed E-state index contributed by atoms with van der Waals surface area (Å²) < 4.78 is 40.1. The Morgan fingerprint density at radius 1 is 0.909 bits per heavy atom. The molecule has 6 heteroatoms. The first kappa shape index (κ1) is 15.5. The van der Waals surface area contributed by atoms with Gasteiger partial charge in [0.2, 0.25) is 0 Å². The summed E-state index contributed by atoms with van der Waals surface area (Å²) in [4.78, 5) is 4.47. The molecule has 22 heavy (non-hydrogen) atoms. The molecule has 112 valence electrons. The second-order valence-corrected chi connectivity index (χ2v) is 6.50. The zero-order valence-corrected chi connectivity index (χ0v) is 14.1. The summed E-state index contributed by atoms with van der Waals surface area (Å²) in [5, 5.41) is 0.900. The van der Waals surface area contributed by atoms with Crippen LogP contribution in [0.5, 0.6) is 0 Å². The average molecular weight is 431 g/mol. The highest BCUT2D eigenvalue weighted by Gasteiger charge is 2.30. The van der Waals surface area contributed by atoms with Crippen LogP contribution in [0.1, 0.15) is 5.56 Å². The topological polar surface area (TPSA) is 12.9 Å². The predicted octanol–water partition coefficient (Wildman–Crippen LogP) is 6.45. The van der Waals surface area contributed by atoms with E-state index in [0.717, 1.165) is 26.5 Å². The first-order valence-electron chi connectivity index (χ1n) is 6.28. The molecule has 0 aliphatic heterocycles. The highest BCUT2D eigenvalue weighted by molar-refractivity contribution is 9.11. The molecule has 0 unspecified atom stereocenters. The molecule has 1 aromatic heterocycles. The third kappa shape index (κ3) is 3.03. The van der Waals surface area contributed by atoms with Crippen LogP contribution in [0.4, 0.5) is 13.2 Å². The molecule has 3 aromatic rings. The van der Waals surface area contributed by atoms with Crippen LogP contribution in [-0.2, 0) is 6.18 Å². The second kappa shape index (κ2) is 5.66. The smallest absolute Gasteiger partial charge is 0.247 e. The number of aromatic nitrogens is 1. The fourth-order valence-electron chi connectivity index (χ4n) is 2.17. The number of benzene rings is 2. The van der Waals surface area contributed by atoms with Crippen LogP contribution in [0.15, 0.2) is 57.5 Å². The minimum atomic E-state index is -4.36. The van der Waals surface area contributed by atoms with Crippen molar-refractivity contribution in [1.82, 2.24) is 4.98 Å². The molecule has 0 atom stereocenters. The van der Waals surface area contributed by atoms with Gasteiger partial charge in [-0.1, -0.05) is 34.1 Å². The number of fused-ring (bicyclic) bond motifs is 1. The maximum absolute atomic E-state index is 12.8. The van der Waals surface area contributed by atoms with E-state index in [1.165, 1.54) is 6.07 Å². The molecular weight excluding hydrogens is 423 g/mol. The summed E-state index contributed by atoms with van der Waals surface area (Å²) in [5.74, 6) is 0. The minimum Gasteiger partial charge on any atom is -0.247 e. The molecule has 0 aliphatic rings. The van der Waals surface area contributed by atoms with Gasteiger partial charge in [0, 0.05) is 19.9 Å². The molecule has 0 saturated carbocycles. The van der Waals surface area contributed by atoms with Crippen LogP contribution in [0.25, 0.3) is 22.2 Å². The van der Waals surface area contributed by atoms with E-state index in [9.17, 15) is 13.2 Å². The monoisotopic (exact) mass is 429 g/mol. The fourth-order valence-corrected chi connectivity index (χ4v) is 3.52. The van der Waals surface area contributed by atoms with Gasteiger partial charge in [0.1, 0.15) is 0 Å². The second-order valence-electron chi connectivity index (χ2n) is 4.73. The van der Waals surface area contributed by atoms with E-state index in [2.05, 4.69) is 36.8 Å². The Kier molecular flexibility index (Phi) is 3.99. The zero-order valence-electron chi connectivity index (χ0n) is 11.0. The summed E-state index contributed by atoms with van der Waals surface area (Å²) in [5.41, 5.74) is 0.966. The highest BCUT2D eigenvalue weighted by Crippen LogP contribution is 2.33. The van der Waals surface area contributed by atoms with Gasteiger partial charge in [0.05, 0.1) is 16.8 Å². The first-order valence-corrected chi connectivity index (χ1v) is 7.86. The predicted molar refractivity (Wildman–Crippen MR) is 87.6 cm³/mol. The zero-order chi connectivity index (χ0) is 15.9. The van der Waals surface area contributed by atoms with E-state index < -0.39 is 11.7 Å². The molecule has 2 aromatic carbocycles. The number of alkyl halides is 3. The van der Waals surface area contributed by atoms with E-state index in [1.807, 2.05) is 18.2 Å². The minimum absolute atomic E-state index is 0.437. The third-order valence-electron chi connectivity index (χ3n) is 3.20. The Morgan fingerprint density at radius 3 is 2.41 bits per heavy atom. The molecule has 0 amide bonds. The molecule has 3 rings (SSSR count). The fraction of sp³-hybridized carbons (Fsp3) is 0.0625. The number of hydrogen-bond donors (Lipinski definition) is 0. The van der Waals surface area contributed by atoms with E-state index in [0.29, 0.717) is 16.8 Å². The van der Waals surface area contributed by atoms with Crippen molar-refractivity contribution in [1.29, 1.82) is 0 Å². The van der Waals surface area contributed by atoms with Crippen molar-refractivity contribution in [3.63, 3.8) is 0 Å². The highest BCUT2D eigenvalue weighted by atomic mass is 79.9. The van der Waals surface area contributed by atoms with Crippen LogP contribution in [0.2, 0.25) is 0 Å². The van der Waals surface area contributed by atoms with Gasteiger partial charge in [-0.25, -0.2) is 4.98 Å². The van der Waals surface area contributed by atoms with Crippen molar-refractivity contribution in [2.75, 3.05) is 0 Å². The lowest BCUT2D eigenvalue weighted by molar-refractivity contribution is -0.137. The summed E-state index contributed by atoms with van der Waals surface area (Å²) in [6.07, 6.45) is -4.36. The lowest BCUT2D eigenvalue weighted by Gasteiger charge is -2.09. The van der Waals surface area contributed by atoms with Crippen LogP contribution >= 0.6 is 31.9 Å². The Bertz CT molecular complexity index is 860. The maximum Gasteiger partial charge on any atom is 0.416 e. The molecule has 0 aliphatic carbocycles. The van der Waals surface area contributed by atoms with E-state index in [4.69, 9.17) is 0 Å². The van der Waals surface area contributed by atoms with Gasteiger partial charge in [-0.15, -0.1) is 0 Å². The number of nitrogens with zero attached hydrogens (tertiary/aromatic N) is 1. The molecule has 0 fully saturated rings.